The molecule has 1 aromatic rings. The molecule has 0 spiro atoms. The Labute approximate surface area is 118 Å². The van der Waals surface area contributed by atoms with Crippen molar-refractivity contribution in [2.45, 2.75) is 43.2 Å². The van der Waals surface area contributed by atoms with E-state index in [1.54, 1.807) is 7.11 Å². The van der Waals surface area contributed by atoms with Crippen LogP contribution in [-0.2, 0) is 14.8 Å². The molecule has 1 aromatic carbocycles. The predicted octanol–water partition coefficient (Wildman–Crippen LogP) is 1.56. The lowest BCUT2D eigenvalue weighted by molar-refractivity contribution is 0.107. The fourth-order valence-electron chi connectivity index (χ4n) is 2.47. The number of hydrogen-bond donors (Lipinski definition) is 2. The Balaban J connectivity index is 2.19. The zero-order valence-electron chi connectivity index (χ0n) is 11.5. The highest BCUT2D eigenvalue weighted by Gasteiger charge is 2.29. The molecule has 0 saturated heterocycles. The van der Waals surface area contributed by atoms with Gasteiger partial charge in [0.15, 0.2) is 0 Å². The summed E-state index contributed by atoms with van der Waals surface area (Å²) in [6.45, 7) is 1.49. The molecule has 0 aliphatic heterocycles. The molecule has 112 valence electrons. The molecule has 2 unspecified atom stereocenters. The minimum atomic E-state index is -3.69. The highest BCUT2D eigenvalue weighted by molar-refractivity contribution is 7.89. The fourth-order valence-corrected chi connectivity index (χ4v) is 3.87. The summed E-state index contributed by atoms with van der Waals surface area (Å²) in [5, 5.41) is 0. The molecule has 1 saturated carbocycles. The van der Waals surface area contributed by atoms with Gasteiger partial charge in [-0.05, 0) is 43.9 Å². The van der Waals surface area contributed by atoms with Crippen LogP contribution in [0, 0.1) is 12.7 Å². The Morgan fingerprint density at radius 1 is 1.40 bits per heavy atom. The average molecular weight is 302 g/mol. The van der Waals surface area contributed by atoms with Gasteiger partial charge in [-0.1, -0.05) is 0 Å². The molecule has 2 rings (SSSR count). The molecule has 5 nitrogen and oxygen atoms in total. The largest absolute Gasteiger partial charge is 0.396 e. The highest BCUT2D eigenvalue weighted by Crippen LogP contribution is 2.25. The first-order valence-corrected chi connectivity index (χ1v) is 7.92. The van der Waals surface area contributed by atoms with Gasteiger partial charge in [0.25, 0.3) is 0 Å². The van der Waals surface area contributed by atoms with E-state index in [2.05, 4.69) is 4.72 Å². The number of hydrogen-bond acceptors (Lipinski definition) is 4. The van der Waals surface area contributed by atoms with Gasteiger partial charge in [-0.3, -0.25) is 0 Å². The van der Waals surface area contributed by atoms with Crippen LogP contribution in [-0.4, -0.2) is 27.7 Å². The number of aryl methyl sites for hydroxylation is 1. The molecule has 1 aliphatic rings. The first-order chi connectivity index (χ1) is 9.33. The lowest BCUT2D eigenvalue weighted by Gasteiger charge is -2.14. The van der Waals surface area contributed by atoms with E-state index in [9.17, 15) is 12.8 Å². The van der Waals surface area contributed by atoms with Crippen molar-refractivity contribution >= 4 is 15.7 Å². The van der Waals surface area contributed by atoms with Gasteiger partial charge in [-0.2, -0.15) is 0 Å². The monoisotopic (exact) mass is 302 g/mol. The van der Waals surface area contributed by atoms with Crippen LogP contribution in [0.4, 0.5) is 10.1 Å². The standard InChI is InChI=1S/C13H19FN2O3S/c1-8-5-11(7-12(15)13(8)14)20(17,18)16-9-3-4-10(6-9)19-2/h5,7,9-10,16H,3-4,6,15H2,1-2H3. The van der Waals surface area contributed by atoms with Crippen LogP contribution in [0.3, 0.4) is 0 Å². The molecule has 0 amide bonds. The van der Waals surface area contributed by atoms with Crippen molar-refractivity contribution in [1.82, 2.24) is 4.72 Å². The number of ether oxygens (including phenoxy) is 1. The zero-order chi connectivity index (χ0) is 14.9. The van der Waals surface area contributed by atoms with E-state index < -0.39 is 15.8 Å². The molecule has 0 radical (unpaired) electrons. The normalized spacial score (nSPS) is 23.1. The highest BCUT2D eigenvalue weighted by atomic mass is 32.2. The minimum absolute atomic E-state index is 0.00485. The van der Waals surface area contributed by atoms with Gasteiger partial charge in [-0.25, -0.2) is 17.5 Å². The molecule has 20 heavy (non-hydrogen) atoms. The van der Waals surface area contributed by atoms with Gasteiger partial charge in [0.1, 0.15) is 5.82 Å². The number of benzene rings is 1. The number of methoxy groups -OCH3 is 1. The SMILES string of the molecule is COC1CCC(NS(=O)(=O)c2cc(C)c(F)c(N)c2)C1. The second-order valence-corrected chi connectivity index (χ2v) is 6.85. The Bertz CT molecular complexity index is 581. The molecule has 1 fully saturated rings. The van der Waals surface area contributed by atoms with Gasteiger partial charge >= 0.3 is 0 Å². The van der Waals surface area contributed by atoms with Crippen LogP contribution >= 0.6 is 0 Å². The van der Waals surface area contributed by atoms with Gasteiger partial charge < -0.3 is 10.5 Å². The Kier molecular flexibility index (Phi) is 4.31. The Hall–Kier alpha value is -1.18. The summed E-state index contributed by atoms with van der Waals surface area (Å²) in [7, 11) is -2.07. The van der Waals surface area contributed by atoms with Crippen molar-refractivity contribution < 1.29 is 17.5 Å². The predicted molar refractivity (Wildman–Crippen MR) is 74.3 cm³/mol. The smallest absolute Gasteiger partial charge is 0.240 e. The molecule has 0 aromatic heterocycles. The van der Waals surface area contributed by atoms with Crippen molar-refractivity contribution in [2.24, 2.45) is 0 Å². The number of rotatable bonds is 4. The number of nitrogens with two attached hydrogens (primary N) is 1. The summed E-state index contributed by atoms with van der Waals surface area (Å²) in [6.07, 6.45) is 2.29. The van der Waals surface area contributed by atoms with Crippen LogP contribution in [0.2, 0.25) is 0 Å². The van der Waals surface area contributed by atoms with Crippen molar-refractivity contribution in [2.75, 3.05) is 12.8 Å². The topological polar surface area (TPSA) is 81.4 Å². The van der Waals surface area contributed by atoms with Gasteiger partial charge in [-0.15, -0.1) is 0 Å². The number of halogens is 1. The summed E-state index contributed by atoms with van der Waals surface area (Å²) in [5.74, 6) is -0.579. The van der Waals surface area contributed by atoms with Crippen molar-refractivity contribution in [1.29, 1.82) is 0 Å². The maximum absolute atomic E-state index is 13.4. The molecular weight excluding hydrogens is 283 g/mol. The van der Waals surface area contributed by atoms with Gasteiger partial charge in [0.05, 0.1) is 16.7 Å². The van der Waals surface area contributed by atoms with E-state index in [4.69, 9.17) is 10.5 Å². The summed E-state index contributed by atoms with van der Waals surface area (Å²) < 4.78 is 45.8. The average Bonchev–Trinajstić information content (AvgIpc) is 2.82. The van der Waals surface area contributed by atoms with E-state index in [1.165, 1.54) is 13.0 Å². The van der Waals surface area contributed by atoms with E-state index in [0.717, 1.165) is 18.9 Å². The summed E-state index contributed by atoms with van der Waals surface area (Å²) >= 11 is 0. The molecule has 7 heteroatoms. The lowest BCUT2D eigenvalue weighted by atomic mass is 10.2. The minimum Gasteiger partial charge on any atom is -0.396 e. The summed E-state index contributed by atoms with van der Waals surface area (Å²) in [6, 6.07) is 2.28. The van der Waals surface area contributed by atoms with Crippen LogP contribution in [0.15, 0.2) is 17.0 Å². The summed E-state index contributed by atoms with van der Waals surface area (Å²) in [5.41, 5.74) is 5.54. The van der Waals surface area contributed by atoms with Crippen LogP contribution < -0.4 is 10.5 Å². The third-order valence-electron chi connectivity index (χ3n) is 3.61. The lowest BCUT2D eigenvalue weighted by Crippen LogP contribution is -2.33. The first kappa shape index (κ1) is 15.2. The quantitative estimate of drug-likeness (QED) is 0.827. The second-order valence-electron chi connectivity index (χ2n) is 5.13. The Morgan fingerprint density at radius 2 is 2.10 bits per heavy atom. The third kappa shape index (κ3) is 3.11. The summed E-state index contributed by atoms with van der Waals surface area (Å²) in [4.78, 5) is -0.00485. The molecule has 3 N–H and O–H groups in total. The van der Waals surface area contributed by atoms with Gasteiger partial charge in [0, 0.05) is 13.2 Å². The third-order valence-corrected chi connectivity index (χ3v) is 5.11. The van der Waals surface area contributed by atoms with Crippen LogP contribution in [0.5, 0.6) is 0 Å². The fraction of sp³-hybridized carbons (Fsp3) is 0.538. The van der Waals surface area contributed by atoms with E-state index in [0.29, 0.717) is 6.42 Å². The number of sulfonamides is 1. The van der Waals surface area contributed by atoms with E-state index in [-0.39, 0.29) is 28.3 Å². The van der Waals surface area contributed by atoms with Crippen LogP contribution in [0.1, 0.15) is 24.8 Å². The molecule has 2 atom stereocenters. The van der Waals surface area contributed by atoms with Crippen molar-refractivity contribution in [3.63, 3.8) is 0 Å². The van der Waals surface area contributed by atoms with E-state index >= 15 is 0 Å². The maximum atomic E-state index is 13.4. The van der Waals surface area contributed by atoms with Crippen molar-refractivity contribution in [3.8, 4) is 0 Å². The first-order valence-electron chi connectivity index (χ1n) is 6.44. The molecule has 1 aliphatic carbocycles. The van der Waals surface area contributed by atoms with E-state index in [1.807, 2.05) is 0 Å². The second kappa shape index (κ2) is 5.67. The van der Waals surface area contributed by atoms with Crippen molar-refractivity contribution in [3.05, 3.63) is 23.5 Å². The molecule has 0 heterocycles. The Morgan fingerprint density at radius 3 is 2.65 bits per heavy atom. The molecular formula is C13H19FN2O3S. The maximum Gasteiger partial charge on any atom is 0.240 e. The number of nitrogen functional groups attached to an aromatic ring is 1. The van der Waals surface area contributed by atoms with Crippen LogP contribution in [0.25, 0.3) is 0 Å². The van der Waals surface area contributed by atoms with Gasteiger partial charge in [0.2, 0.25) is 10.0 Å². The number of anilines is 1. The zero-order valence-corrected chi connectivity index (χ0v) is 12.3. The number of nitrogens with one attached hydrogen (secondary N) is 1. The molecule has 0 bridgehead atoms.